The normalized spacial score (nSPS) is 21.1. The lowest BCUT2D eigenvalue weighted by molar-refractivity contribution is -0.121. The number of hydrogen-bond acceptors (Lipinski definition) is 5. The summed E-state index contributed by atoms with van der Waals surface area (Å²) in [4.78, 5) is 24.4. The number of azo groups is 1. The van der Waals surface area contributed by atoms with E-state index in [0.29, 0.717) is 24.3 Å². The first-order valence-corrected chi connectivity index (χ1v) is 8.03. The number of fused-ring (bicyclic) bond motifs is 1. The number of carbonyl (C=O) groups excluding carboxylic acids is 2. The van der Waals surface area contributed by atoms with E-state index in [1.807, 2.05) is 19.1 Å². The number of nitrogens with zero attached hydrogens (tertiary/aromatic N) is 2. The lowest BCUT2D eigenvalue weighted by atomic mass is 9.98. The van der Waals surface area contributed by atoms with E-state index in [-0.39, 0.29) is 12.5 Å². The van der Waals surface area contributed by atoms with Gasteiger partial charge in [0.05, 0.1) is 24.4 Å². The van der Waals surface area contributed by atoms with Crippen LogP contribution in [0.1, 0.15) is 35.7 Å². The number of ether oxygens (including phenoxy) is 1. The molecule has 0 fully saturated rings. The molecule has 2 aliphatic heterocycles. The van der Waals surface area contributed by atoms with Gasteiger partial charge in [0.2, 0.25) is 0 Å². The summed E-state index contributed by atoms with van der Waals surface area (Å²) in [6, 6.07) is 5.46. The van der Waals surface area contributed by atoms with E-state index >= 15 is 0 Å². The van der Waals surface area contributed by atoms with Crippen LogP contribution in [0.2, 0.25) is 0 Å². The molecule has 7 heteroatoms. The molecule has 0 saturated heterocycles. The minimum Gasteiger partial charge on any atom is -0.492 e. The maximum Gasteiger partial charge on any atom is 0.255 e. The molecule has 0 spiro atoms. The molecule has 1 unspecified atom stereocenters. The molecule has 0 radical (unpaired) electrons. The first-order chi connectivity index (χ1) is 11.6. The van der Waals surface area contributed by atoms with Crippen molar-refractivity contribution in [2.24, 2.45) is 16.0 Å². The Morgan fingerprint density at radius 3 is 3.00 bits per heavy atom. The number of nitrogens with one attached hydrogen (secondary N) is 1. The third-order valence-corrected chi connectivity index (χ3v) is 4.17. The van der Waals surface area contributed by atoms with Crippen LogP contribution < -0.4 is 15.8 Å². The molecule has 2 aliphatic rings. The lowest BCUT2D eigenvalue weighted by Gasteiger charge is -2.19. The standard InChI is InChI=1S/C17H20N4O3/c1-2-4-12-9-17(16(18)23,21-20-12)10-19-15(22)13-6-3-5-11-7-8-24-14(11)13/h3,5-6,9H,2,4,7-8,10H2,1H3,(H2,18,23)(H,19,22). The van der Waals surface area contributed by atoms with Crippen LogP contribution in [0.5, 0.6) is 5.75 Å². The minimum atomic E-state index is -1.31. The second kappa shape index (κ2) is 6.43. The molecule has 3 rings (SSSR count). The first-order valence-electron chi connectivity index (χ1n) is 8.03. The number of primary amides is 1. The molecule has 0 aromatic heterocycles. The Labute approximate surface area is 140 Å². The van der Waals surface area contributed by atoms with Crippen molar-refractivity contribution >= 4 is 11.8 Å². The number of benzene rings is 1. The number of carbonyl (C=O) groups is 2. The quantitative estimate of drug-likeness (QED) is 0.830. The van der Waals surface area contributed by atoms with Crippen LogP contribution in [-0.4, -0.2) is 30.5 Å². The second-order valence-corrected chi connectivity index (χ2v) is 5.95. The molecule has 2 amide bonds. The van der Waals surface area contributed by atoms with E-state index < -0.39 is 11.4 Å². The van der Waals surface area contributed by atoms with Gasteiger partial charge in [0.25, 0.3) is 11.8 Å². The van der Waals surface area contributed by atoms with Crippen molar-refractivity contribution in [1.82, 2.24) is 5.32 Å². The molecule has 1 atom stereocenters. The summed E-state index contributed by atoms with van der Waals surface area (Å²) in [6.07, 6.45) is 4.04. The number of nitrogens with two attached hydrogens (primary N) is 1. The maximum atomic E-state index is 12.5. The van der Waals surface area contributed by atoms with Gasteiger partial charge in [-0.15, -0.1) is 0 Å². The zero-order valence-corrected chi connectivity index (χ0v) is 13.5. The monoisotopic (exact) mass is 328 g/mol. The average Bonchev–Trinajstić information content (AvgIpc) is 3.20. The van der Waals surface area contributed by atoms with Crippen LogP contribution >= 0.6 is 0 Å². The third-order valence-electron chi connectivity index (χ3n) is 4.17. The Morgan fingerprint density at radius 2 is 2.25 bits per heavy atom. The number of hydrogen-bond donors (Lipinski definition) is 2. The fourth-order valence-corrected chi connectivity index (χ4v) is 2.86. The highest BCUT2D eigenvalue weighted by Gasteiger charge is 2.39. The van der Waals surface area contributed by atoms with Crippen molar-refractivity contribution in [2.45, 2.75) is 31.7 Å². The molecule has 24 heavy (non-hydrogen) atoms. The van der Waals surface area contributed by atoms with Gasteiger partial charge in [-0.2, -0.15) is 10.2 Å². The van der Waals surface area contributed by atoms with E-state index in [2.05, 4.69) is 15.5 Å². The molecular weight excluding hydrogens is 308 g/mol. The van der Waals surface area contributed by atoms with Crippen molar-refractivity contribution < 1.29 is 14.3 Å². The van der Waals surface area contributed by atoms with Crippen LogP contribution in [0.3, 0.4) is 0 Å². The van der Waals surface area contributed by atoms with Gasteiger partial charge >= 0.3 is 0 Å². The predicted octanol–water partition coefficient (Wildman–Crippen LogP) is 1.73. The maximum absolute atomic E-state index is 12.5. The number of allylic oxidation sites excluding steroid dienone is 1. The van der Waals surface area contributed by atoms with E-state index in [1.54, 1.807) is 12.1 Å². The SMILES string of the molecule is CCCC1=CC(CNC(=O)c2cccc3c2OCC3)(C(N)=O)N=N1. The Bertz CT molecular complexity index is 741. The topological polar surface area (TPSA) is 106 Å². The van der Waals surface area contributed by atoms with Gasteiger partial charge < -0.3 is 15.8 Å². The van der Waals surface area contributed by atoms with Crippen LogP contribution in [0, 0.1) is 0 Å². The predicted molar refractivity (Wildman–Crippen MR) is 87.7 cm³/mol. The van der Waals surface area contributed by atoms with Crippen LogP contribution in [0.25, 0.3) is 0 Å². The molecular formula is C17H20N4O3. The Morgan fingerprint density at radius 1 is 1.42 bits per heavy atom. The Balaban J connectivity index is 1.75. The summed E-state index contributed by atoms with van der Waals surface area (Å²) in [7, 11) is 0. The van der Waals surface area contributed by atoms with E-state index in [1.165, 1.54) is 0 Å². The van der Waals surface area contributed by atoms with E-state index in [4.69, 9.17) is 10.5 Å². The molecule has 7 nitrogen and oxygen atoms in total. The molecule has 0 bridgehead atoms. The fourth-order valence-electron chi connectivity index (χ4n) is 2.86. The number of para-hydroxylation sites is 1. The molecule has 0 aliphatic carbocycles. The highest BCUT2D eigenvalue weighted by molar-refractivity contribution is 5.98. The van der Waals surface area contributed by atoms with Gasteiger partial charge in [-0.25, -0.2) is 0 Å². The second-order valence-electron chi connectivity index (χ2n) is 5.95. The summed E-state index contributed by atoms with van der Waals surface area (Å²) in [5, 5.41) is 10.8. The van der Waals surface area contributed by atoms with Gasteiger partial charge in [-0.3, -0.25) is 9.59 Å². The summed E-state index contributed by atoms with van der Waals surface area (Å²) in [5.41, 5.74) is 6.37. The first kappa shape index (κ1) is 16.2. The smallest absolute Gasteiger partial charge is 0.255 e. The highest BCUT2D eigenvalue weighted by Crippen LogP contribution is 2.30. The van der Waals surface area contributed by atoms with Crippen molar-refractivity contribution in [3.8, 4) is 5.75 Å². The summed E-state index contributed by atoms with van der Waals surface area (Å²) < 4.78 is 5.54. The van der Waals surface area contributed by atoms with Crippen molar-refractivity contribution in [3.05, 3.63) is 41.1 Å². The van der Waals surface area contributed by atoms with Gasteiger partial charge in [-0.1, -0.05) is 25.5 Å². The van der Waals surface area contributed by atoms with Crippen molar-refractivity contribution in [3.63, 3.8) is 0 Å². The average molecular weight is 328 g/mol. The van der Waals surface area contributed by atoms with Gasteiger partial charge in [-0.05, 0) is 24.1 Å². The summed E-state index contributed by atoms with van der Waals surface area (Å²) in [5.74, 6) is -0.340. The summed E-state index contributed by atoms with van der Waals surface area (Å²) >= 11 is 0. The summed E-state index contributed by atoms with van der Waals surface area (Å²) in [6.45, 7) is 2.56. The zero-order valence-electron chi connectivity index (χ0n) is 13.5. The van der Waals surface area contributed by atoms with Gasteiger partial charge in [0, 0.05) is 6.42 Å². The molecule has 3 N–H and O–H groups in total. The molecule has 1 aromatic carbocycles. The molecule has 0 saturated carbocycles. The fraction of sp³-hybridized carbons (Fsp3) is 0.412. The van der Waals surface area contributed by atoms with Gasteiger partial charge in [0.1, 0.15) is 5.75 Å². The van der Waals surface area contributed by atoms with Crippen molar-refractivity contribution in [2.75, 3.05) is 13.2 Å². The number of amides is 2. The lowest BCUT2D eigenvalue weighted by Crippen LogP contribution is -2.48. The largest absolute Gasteiger partial charge is 0.492 e. The zero-order chi connectivity index (χ0) is 17.2. The van der Waals surface area contributed by atoms with Gasteiger partial charge in [0.15, 0.2) is 5.54 Å². The molecule has 126 valence electrons. The number of rotatable bonds is 6. The van der Waals surface area contributed by atoms with E-state index in [9.17, 15) is 9.59 Å². The van der Waals surface area contributed by atoms with Crippen LogP contribution in [-0.2, 0) is 11.2 Å². The Kier molecular flexibility index (Phi) is 4.33. The molecule has 2 heterocycles. The van der Waals surface area contributed by atoms with Crippen LogP contribution in [0.4, 0.5) is 0 Å². The Hall–Kier alpha value is -2.70. The van der Waals surface area contributed by atoms with Crippen molar-refractivity contribution in [1.29, 1.82) is 0 Å². The van der Waals surface area contributed by atoms with Crippen LogP contribution in [0.15, 0.2) is 40.2 Å². The molecule has 1 aromatic rings. The minimum absolute atomic E-state index is 0.0262. The van der Waals surface area contributed by atoms with E-state index in [0.717, 1.165) is 24.1 Å². The third kappa shape index (κ3) is 2.89. The highest BCUT2D eigenvalue weighted by atomic mass is 16.5.